The van der Waals surface area contributed by atoms with Crippen LogP contribution in [0.5, 0.6) is 0 Å². The molecule has 20 heavy (non-hydrogen) atoms. The van der Waals surface area contributed by atoms with E-state index >= 15 is 0 Å². The third-order valence-corrected chi connectivity index (χ3v) is 2.67. The van der Waals surface area contributed by atoms with Gasteiger partial charge in [0.15, 0.2) is 5.82 Å². The molecule has 0 radical (unpaired) electrons. The molecule has 0 bridgehead atoms. The van der Waals surface area contributed by atoms with E-state index < -0.39 is 5.82 Å². The van der Waals surface area contributed by atoms with Crippen molar-refractivity contribution in [1.29, 1.82) is 0 Å². The molecule has 7 nitrogen and oxygen atoms in total. The third kappa shape index (κ3) is 3.49. The Hall–Kier alpha value is -2.06. The highest BCUT2D eigenvalue weighted by Gasteiger charge is 2.12. The first kappa shape index (κ1) is 14.4. The molecule has 1 heterocycles. The number of anilines is 1. The normalized spacial score (nSPS) is 10.9. The van der Waals surface area contributed by atoms with Crippen LogP contribution in [0.3, 0.4) is 0 Å². The van der Waals surface area contributed by atoms with E-state index in [-0.39, 0.29) is 0 Å². The maximum absolute atomic E-state index is 13.0. The first-order chi connectivity index (χ1) is 9.72. The van der Waals surface area contributed by atoms with E-state index in [1.165, 1.54) is 12.1 Å². The maximum atomic E-state index is 13.0. The smallest absolute Gasteiger partial charge is 0.184 e. The first-order valence-electron chi connectivity index (χ1n) is 6.10. The molecule has 0 fully saturated rings. The number of benzene rings is 1. The highest BCUT2D eigenvalue weighted by atomic mass is 19.1. The largest absolute Gasteiger partial charge is 0.398 e. The molecule has 0 unspecified atom stereocenters. The summed E-state index contributed by atoms with van der Waals surface area (Å²) in [7, 11) is 1.61. The monoisotopic (exact) mass is 281 g/mol. The van der Waals surface area contributed by atoms with Crippen molar-refractivity contribution < 1.29 is 13.9 Å². The van der Waals surface area contributed by atoms with Gasteiger partial charge in [0.2, 0.25) is 0 Å². The minimum atomic E-state index is -0.395. The van der Waals surface area contributed by atoms with Gasteiger partial charge >= 0.3 is 0 Å². The van der Waals surface area contributed by atoms with Gasteiger partial charge in [-0.3, -0.25) is 0 Å². The molecule has 108 valence electrons. The zero-order chi connectivity index (χ0) is 14.4. The summed E-state index contributed by atoms with van der Waals surface area (Å²) in [6.45, 7) is 1.96. The standard InChI is InChI=1S/C12H16FN5O2/c1-19-6-7-20-5-4-18-12(15-16-17-18)10-3-2-9(13)8-11(10)14/h2-3,8H,4-7,14H2,1H3. The van der Waals surface area contributed by atoms with Crippen molar-refractivity contribution in [3.8, 4) is 11.4 Å². The molecule has 1 aromatic heterocycles. The summed E-state index contributed by atoms with van der Waals surface area (Å²) in [5, 5.41) is 11.4. The number of hydrogen-bond donors (Lipinski definition) is 1. The topological polar surface area (TPSA) is 88.1 Å². The van der Waals surface area contributed by atoms with Gasteiger partial charge in [-0.1, -0.05) is 0 Å². The molecule has 2 N–H and O–H groups in total. The van der Waals surface area contributed by atoms with E-state index in [0.717, 1.165) is 0 Å². The van der Waals surface area contributed by atoms with E-state index in [4.69, 9.17) is 15.2 Å². The van der Waals surface area contributed by atoms with Crippen molar-refractivity contribution in [2.24, 2.45) is 0 Å². The van der Waals surface area contributed by atoms with Gasteiger partial charge in [-0.15, -0.1) is 5.10 Å². The number of ether oxygens (including phenoxy) is 2. The number of methoxy groups -OCH3 is 1. The summed E-state index contributed by atoms with van der Waals surface area (Å²) in [5.41, 5.74) is 6.66. The lowest BCUT2D eigenvalue weighted by Crippen LogP contribution is -2.12. The van der Waals surface area contributed by atoms with Gasteiger partial charge in [-0.2, -0.15) is 0 Å². The molecular formula is C12H16FN5O2. The molecule has 0 spiro atoms. The van der Waals surface area contributed by atoms with Crippen LogP contribution < -0.4 is 5.73 Å². The van der Waals surface area contributed by atoms with Crippen LogP contribution in [-0.2, 0) is 16.0 Å². The summed E-state index contributed by atoms with van der Waals surface area (Å²) < 4.78 is 24.8. The van der Waals surface area contributed by atoms with E-state index in [1.54, 1.807) is 17.9 Å². The second-order valence-electron chi connectivity index (χ2n) is 4.06. The van der Waals surface area contributed by atoms with Crippen molar-refractivity contribution in [2.45, 2.75) is 6.54 Å². The number of hydrogen-bond acceptors (Lipinski definition) is 6. The van der Waals surface area contributed by atoms with E-state index in [1.807, 2.05) is 0 Å². The molecule has 2 rings (SSSR count). The lowest BCUT2D eigenvalue weighted by Gasteiger charge is -2.07. The Kier molecular flexibility index (Phi) is 4.97. The highest BCUT2D eigenvalue weighted by Crippen LogP contribution is 2.23. The van der Waals surface area contributed by atoms with Crippen LogP contribution in [0.2, 0.25) is 0 Å². The van der Waals surface area contributed by atoms with Crippen LogP contribution in [0.1, 0.15) is 0 Å². The fourth-order valence-electron chi connectivity index (χ4n) is 1.68. The minimum Gasteiger partial charge on any atom is -0.398 e. The lowest BCUT2D eigenvalue weighted by molar-refractivity contribution is 0.0654. The molecule has 2 aromatic rings. The second kappa shape index (κ2) is 6.92. The van der Waals surface area contributed by atoms with Crippen LogP contribution in [0.4, 0.5) is 10.1 Å². The van der Waals surface area contributed by atoms with Gasteiger partial charge in [0.25, 0.3) is 0 Å². The number of nitrogens with zero attached hydrogens (tertiary/aromatic N) is 4. The van der Waals surface area contributed by atoms with Crippen molar-refractivity contribution >= 4 is 5.69 Å². The molecule has 0 aliphatic rings. The maximum Gasteiger partial charge on any atom is 0.184 e. The number of nitrogens with two attached hydrogens (primary N) is 1. The Morgan fingerprint density at radius 2 is 2.15 bits per heavy atom. The predicted octanol–water partition coefficient (Wildman–Crippen LogP) is 0.724. The summed E-state index contributed by atoms with van der Waals surface area (Å²) in [5.74, 6) is 0.0889. The zero-order valence-electron chi connectivity index (χ0n) is 11.1. The van der Waals surface area contributed by atoms with Gasteiger partial charge in [0.1, 0.15) is 5.82 Å². The molecule has 0 saturated heterocycles. The zero-order valence-corrected chi connectivity index (χ0v) is 11.1. The summed E-state index contributed by atoms with van der Waals surface area (Å²) >= 11 is 0. The van der Waals surface area contributed by atoms with Gasteiger partial charge in [0.05, 0.1) is 26.4 Å². The van der Waals surface area contributed by atoms with Gasteiger partial charge in [-0.25, -0.2) is 9.07 Å². The third-order valence-electron chi connectivity index (χ3n) is 2.67. The second-order valence-corrected chi connectivity index (χ2v) is 4.06. The van der Waals surface area contributed by atoms with Crippen LogP contribution in [0.25, 0.3) is 11.4 Å². The average molecular weight is 281 g/mol. The number of aromatic nitrogens is 4. The number of tetrazole rings is 1. The molecule has 0 aliphatic carbocycles. The Morgan fingerprint density at radius 1 is 1.30 bits per heavy atom. The number of nitrogen functional groups attached to an aromatic ring is 1. The van der Waals surface area contributed by atoms with E-state index in [9.17, 15) is 4.39 Å². The van der Waals surface area contributed by atoms with Crippen molar-refractivity contribution in [3.63, 3.8) is 0 Å². The van der Waals surface area contributed by atoms with Crippen molar-refractivity contribution in [3.05, 3.63) is 24.0 Å². The fourth-order valence-corrected chi connectivity index (χ4v) is 1.68. The minimum absolute atomic E-state index is 0.293. The van der Waals surface area contributed by atoms with Crippen molar-refractivity contribution in [2.75, 3.05) is 32.7 Å². The quantitative estimate of drug-likeness (QED) is 0.594. The van der Waals surface area contributed by atoms with Crippen LogP contribution >= 0.6 is 0 Å². The van der Waals surface area contributed by atoms with Crippen LogP contribution in [0, 0.1) is 5.82 Å². The summed E-state index contributed by atoms with van der Waals surface area (Å²) in [4.78, 5) is 0. The Balaban J connectivity index is 2.04. The SMILES string of the molecule is COCCOCCn1nnnc1-c1ccc(F)cc1N. The number of halogens is 1. The van der Waals surface area contributed by atoms with Gasteiger partial charge < -0.3 is 15.2 Å². The van der Waals surface area contributed by atoms with Crippen molar-refractivity contribution in [1.82, 2.24) is 20.2 Å². The highest BCUT2D eigenvalue weighted by molar-refractivity contribution is 5.71. The molecule has 0 atom stereocenters. The van der Waals surface area contributed by atoms with Crippen LogP contribution in [0.15, 0.2) is 18.2 Å². The van der Waals surface area contributed by atoms with E-state index in [2.05, 4.69) is 15.5 Å². The summed E-state index contributed by atoms with van der Waals surface area (Å²) in [6, 6.07) is 4.11. The molecular weight excluding hydrogens is 265 g/mol. The molecule has 1 aromatic carbocycles. The summed E-state index contributed by atoms with van der Waals surface area (Å²) in [6.07, 6.45) is 0. The lowest BCUT2D eigenvalue weighted by atomic mass is 10.1. The predicted molar refractivity (Wildman–Crippen MR) is 70.3 cm³/mol. The van der Waals surface area contributed by atoms with Gasteiger partial charge in [0, 0.05) is 18.4 Å². The molecule has 0 aliphatic heterocycles. The Bertz CT molecular complexity index is 561. The van der Waals surface area contributed by atoms with Crippen LogP contribution in [-0.4, -0.2) is 47.1 Å². The molecule has 8 heteroatoms. The number of rotatable bonds is 7. The Morgan fingerprint density at radius 3 is 2.90 bits per heavy atom. The molecule has 0 amide bonds. The van der Waals surface area contributed by atoms with E-state index in [0.29, 0.717) is 43.4 Å². The Labute approximate surface area is 115 Å². The average Bonchev–Trinajstić information content (AvgIpc) is 2.87. The van der Waals surface area contributed by atoms with Gasteiger partial charge in [-0.05, 0) is 28.6 Å². The molecule has 0 saturated carbocycles. The first-order valence-corrected chi connectivity index (χ1v) is 6.10. The fraction of sp³-hybridized carbons (Fsp3) is 0.417.